The van der Waals surface area contributed by atoms with Crippen molar-refractivity contribution in [3.05, 3.63) is 59.4 Å². The van der Waals surface area contributed by atoms with E-state index in [0.29, 0.717) is 35.8 Å². The van der Waals surface area contributed by atoms with Gasteiger partial charge in [-0.15, -0.1) is 0 Å². The van der Waals surface area contributed by atoms with E-state index in [1.165, 1.54) is 0 Å². The monoisotopic (exact) mass is 340 g/mol. The summed E-state index contributed by atoms with van der Waals surface area (Å²) in [6.07, 6.45) is 5.51. The Balaban J connectivity index is 1.65. The van der Waals surface area contributed by atoms with E-state index in [9.17, 15) is 9.59 Å². The first-order valence-corrected chi connectivity index (χ1v) is 8.83. The number of benzene rings is 1. The molecule has 5 heteroatoms. The first-order valence-electron chi connectivity index (χ1n) is 8.83. The number of ether oxygens (including phenoxy) is 1. The summed E-state index contributed by atoms with van der Waals surface area (Å²) in [7, 11) is 0. The van der Waals surface area contributed by atoms with E-state index in [1.54, 1.807) is 42.7 Å². The van der Waals surface area contributed by atoms with Gasteiger partial charge in [-0.25, -0.2) is 0 Å². The Labute approximate surface area is 148 Å². The standard InChI is InChI=1S/C20H24N2O3/c1-2-25-14-15-4-3-11-22(13-15)20(24)17-7-5-16(6-8-17)19(23)18-9-10-21-12-18/h5-10,12,15,21H,2-4,11,13-14H2,1H3/t15-/m1/s1. The maximum Gasteiger partial charge on any atom is 0.253 e. The van der Waals surface area contributed by atoms with Gasteiger partial charge in [-0.1, -0.05) is 12.1 Å². The third-order valence-corrected chi connectivity index (χ3v) is 4.62. The normalized spacial score (nSPS) is 17.5. The molecule has 0 aliphatic carbocycles. The number of carbonyl (C=O) groups is 2. The Morgan fingerprint density at radius 2 is 1.92 bits per heavy atom. The molecule has 1 fully saturated rings. The van der Waals surface area contributed by atoms with Gasteiger partial charge in [-0.05, 0) is 43.9 Å². The maximum absolute atomic E-state index is 12.7. The molecule has 1 atom stereocenters. The highest BCUT2D eigenvalue weighted by Gasteiger charge is 2.24. The van der Waals surface area contributed by atoms with Crippen molar-refractivity contribution >= 4 is 11.7 Å². The smallest absolute Gasteiger partial charge is 0.253 e. The highest BCUT2D eigenvalue weighted by molar-refractivity contribution is 6.09. The van der Waals surface area contributed by atoms with Crippen molar-refractivity contribution < 1.29 is 14.3 Å². The largest absolute Gasteiger partial charge is 0.381 e. The van der Waals surface area contributed by atoms with Gasteiger partial charge in [0, 0.05) is 48.8 Å². The molecule has 0 bridgehead atoms. The second-order valence-corrected chi connectivity index (χ2v) is 6.43. The minimum atomic E-state index is -0.0463. The SMILES string of the molecule is CCOC[C@@H]1CCCN(C(=O)c2ccc(C(=O)c3cc[nH]c3)cc2)C1. The molecule has 1 aliphatic rings. The van der Waals surface area contributed by atoms with Crippen LogP contribution in [0.2, 0.25) is 0 Å². The molecule has 25 heavy (non-hydrogen) atoms. The van der Waals surface area contributed by atoms with Crippen LogP contribution in [0.4, 0.5) is 0 Å². The number of aromatic nitrogens is 1. The van der Waals surface area contributed by atoms with Crippen molar-refractivity contribution in [3.63, 3.8) is 0 Å². The molecule has 132 valence electrons. The van der Waals surface area contributed by atoms with Crippen molar-refractivity contribution in [3.8, 4) is 0 Å². The predicted molar refractivity (Wildman–Crippen MR) is 95.8 cm³/mol. The van der Waals surface area contributed by atoms with Gasteiger partial charge in [0.1, 0.15) is 0 Å². The number of nitrogens with one attached hydrogen (secondary N) is 1. The van der Waals surface area contributed by atoms with E-state index in [4.69, 9.17) is 4.74 Å². The molecule has 2 aromatic rings. The third kappa shape index (κ3) is 4.17. The summed E-state index contributed by atoms with van der Waals surface area (Å²) in [6, 6.07) is 8.69. The highest BCUT2D eigenvalue weighted by atomic mass is 16.5. The maximum atomic E-state index is 12.7. The second-order valence-electron chi connectivity index (χ2n) is 6.43. The molecule has 0 radical (unpaired) electrons. The molecular weight excluding hydrogens is 316 g/mol. The van der Waals surface area contributed by atoms with Crippen LogP contribution < -0.4 is 0 Å². The van der Waals surface area contributed by atoms with E-state index >= 15 is 0 Å². The van der Waals surface area contributed by atoms with E-state index in [1.807, 2.05) is 11.8 Å². The lowest BCUT2D eigenvalue weighted by atomic mass is 9.97. The average Bonchev–Trinajstić information content (AvgIpc) is 3.20. The number of ketones is 1. The van der Waals surface area contributed by atoms with Crippen LogP contribution in [0.5, 0.6) is 0 Å². The quantitative estimate of drug-likeness (QED) is 0.822. The van der Waals surface area contributed by atoms with Gasteiger partial charge in [-0.3, -0.25) is 9.59 Å². The number of piperidine rings is 1. The van der Waals surface area contributed by atoms with Crippen LogP contribution in [0.3, 0.4) is 0 Å². The first-order chi connectivity index (χ1) is 12.2. The summed E-state index contributed by atoms with van der Waals surface area (Å²) in [4.78, 5) is 29.8. The number of rotatable bonds is 6. The highest BCUT2D eigenvalue weighted by Crippen LogP contribution is 2.20. The number of hydrogen-bond donors (Lipinski definition) is 1. The van der Waals surface area contributed by atoms with Crippen LogP contribution in [0.1, 0.15) is 46.0 Å². The molecule has 1 amide bonds. The van der Waals surface area contributed by atoms with Gasteiger partial charge in [0.2, 0.25) is 0 Å². The van der Waals surface area contributed by atoms with E-state index in [-0.39, 0.29) is 11.7 Å². The van der Waals surface area contributed by atoms with Crippen LogP contribution in [-0.4, -0.2) is 47.9 Å². The third-order valence-electron chi connectivity index (χ3n) is 4.62. The van der Waals surface area contributed by atoms with Crippen LogP contribution in [0.25, 0.3) is 0 Å². The molecule has 1 N–H and O–H groups in total. The van der Waals surface area contributed by atoms with Crippen LogP contribution >= 0.6 is 0 Å². The predicted octanol–water partition coefficient (Wildman–Crippen LogP) is 3.13. The molecule has 1 aliphatic heterocycles. The van der Waals surface area contributed by atoms with Crippen molar-refractivity contribution in [2.24, 2.45) is 5.92 Å². The zero-order valence-electron chi connectivity index (χ0n) is 14.5. The lowest BCUT2D eigenvalue weighted by molar-refractivity contribution is 0.0501. The summed E-state index contributed by atoms with van der Waals surface area (Å²) >= 11 is 0. The molecule has 0 unspecified atom stereocenters. The zero-order chi connectivity index (χ0) is 17.6. The lowest BCUT2D eigenvalue weighted by Gasteiger charge is -2.32. The molecule has 0 spiro atoms. The topological polar surface area (TPSA) is 62.4 Å². The summed E-state index contributed by atoms with van der Waals surface area (Å²) < 4.78 is 5.51. The van der Waals surface area contributed by atoms with Gasteiger partial charge in [0.25, 0.3) is 5.91 Å². The summed E-state index contributed by atoms with van der Waals surface area (Å²) in [6.45, 7) is 4.93. The Bertz CT molecular complexity index is 707. The van der Waals surface area contributed by atoms with Crippen LogP contribution in [0, 0.1) is 5.92 Å². The van der Waals surface area contributed by atoms with E-state index in [2.05, 4.69) is 4.98 Å². The van der Waals surface area contributed by atoms with Gasteiger partial charge in [0.05, 0.1) is 6.61 Å². The molecule has 1 saturated heterocycles. The van der Waals surface area contributed by atoms with Crippen molar-refractivity contribution in [1.29, 1.82) is 0 Å². The fraction of sp³-hybridized carbons (Fsp3) is 0.400. The lowest BCUT2D eigenvalue weighted by Crippen LogP contribution is -2.41. The Morgan fingerprint density at radius 3 is 2.60 bits per heavy atom. The Morgan fingerprint density at radius 1 is 1.16 bits per heavy atom. The van der Waals surface area contributed by atoms with Gasteiger partial charge in [0.15, 0.2) is 5.78 Å². The summed E-state index contributed by atoms with van der Waals surface area (Å²) in [5, 5.41) is 0. The van der Waals surface area contributed by atoms with Crippen molar-refractivity contribution in [1.82, 2.24) is 9.88 Å². The Hall–Kier alpha value is -2.40. The van der Waals surface area contributed by atoms with Gasteiger partial charge in [-0.2, -0.15) is 0 Å². The number of hydrogen-bond acceptors (Lipinski definition) is 3. The minimum absolute atomic E-state index is 0.0295. The molecule has 1 aromatic carbocycles. The number of H-pyrrole nitrogens is 1. The fourth-order valence-corrected chi connectivity index (χ4v) is 3.25. The zero-order valence-corrected chi connectivity index (χ0v) is 14.5. The minimum Gasteiger partial charge on any atom is -0.381 e. The van der Waals surface area contributed by atoms with Crippen molar-refractivity contribution in [2.75, 3.05) is 26.3 Å². The van der Waals surface area contributed by atoms with Crippen LogP contribution in [0.15, 0.2) is 42.7 Å². The number of aromatic amines is 1. The summed E-state index contributed by atoms with van der Waals surface area (Å²) in [5.41, 5.74) is 1.83. The van der Waals surface area contributed by atoms with Crippen molar-refractivity contribution in [2.45, 2.75) is 19.8 Å². The Kier molecular flexibility index (Phi) is 5.66. The number of amides is 1. The van der Waals surface area contributed by atoms with Gasteiger partial charge < -0.3 is 14.6 Å². The molecule has 0 saturated carbocycles. The van der Waals surface area contributed by atoms with Gasteiger partial charge >= 0.3 is 0 Å². The average molecular weight is 340 g/mol. The first kappa shape index (κ1) is 17.4. The number of likely N-dealkylation sites (tertiary alicyclic amines) is 1. The number of carbonyl (C=O) groups excluding carboxylic acids is 2. The summed E-state index contributed by atoms with van der Waals surface area (Å²) in [5.74, 6) is 0.393. The molecular formula is C20H24N2O3. The van der Waals surface area contributed by atoms with E-state index < -0.39 is 0 Å². The second kappa shape index (κ2) is 8.12. The van der Waals surface area contributed by atoms with Crippen LogP contribution in [-0.2, 0) is 4.74 Å². The molecule has 2 heterocycles. The fourth-order valence-electron chi connectivity index (χ4n) is 3.25. The molecule has 3 rings (SSSR count). The molecule has 5 nitrogen and oxygen atoms in total. The molecule has 1 aromatic heterocycles. The number of nitrogens with zero attached hydrogens (tertiary/aromatic N) is 1. The van der Waals surface area contributed by atoms with E-state index in [0.717, 1.165) is 25.9 Å².